The number of carbonyl (C=O) groups is 1. The molecule has 0 spiro atoms. The number of methoxy groups -OCH3 is 1. The molecule has 0 unspecified atom stereocenters. The number of nitrogens with zero attached hydrogens (tertiary/aromatic N) is 6. The minimum atomic E-state index is -0.385. The Morgan fingerprint density at radius 1 is 1.11 bits per heavy atom. The van der Waals surface area contributed by atoms with Gasteiger partial charge in [-0.2, -0.15) is 10.2 Å². The Morgan fingerprint density at radius 3 is 2.79 bits per heavy atom. The Balaban J connectivity index is 1.59. The summed E-state index contributed by atoms with van der Waals surface area (Å²) in [6.45, 7) is 0.309. The fourth-order valence-electron chi connectivity index (χ4n) is 2.77. The van der Waals surface area contributed by atoms with Gasteiger partial charge in [-0.15, -0.1) is 5.11 Å². The number of aromatic nitrogens is 4. The molecule has 0 amide bonds. The molecule has 0 aliphatic rings. The van der Waals surface area contributed by atoms with Gasteiger partial charge in [0.1, 0.15) is 6.33 Å². The van der Waals surface area contributed by atoms with Gasteiger partial charge < -0.3 is 4.74 Å². The third kappa shape index (κ3) is 3.48. The van der Waals surface area contributed by atoms with E-state index in [1.54, 1.807) is 29.1 Å². The van der Waals surface area contributed by atoms with Crippen molar-refractivity contribution in [3.63, 3.8) is 0 Å². The molecule has 2 aromatic carbocycles. The lowest BCUT2D eigenvalue weighted by Crippen LogP contribution is -2.01. The Labute approximate surface area is 160 Å². The molecule has 2 aromatic heterocycles. The normalized spacial score (nSPS) is 11.2. The smallest absolute Gasteiger partial charge is 0.337 e. The third-order valence-electron chi connectivity index (χ3n) is 4.11. The average molecular weight is 372 g/mol. The van der Waals surface area contributed by atoms with Crippen molar-refractivity contribution >= 4 is 22.8 Å². The van der Waals surface area contributed by atoms with Crippen LogP contribution in [-0.4, -0.2) is 32.8 Å². The molecule has 0 bridgehead atoms. The van der Waals surface area contributed by atoms with Crippen molar-refractivity contribution in [2.45, 2.75) is 6.54 Å². The molecule has 0 aliphatic carbocycles. The van der Waals surface area contributed by atoms with E-state index >= 15 is 0 Å². The Kier molecular flexibility index (Phi) is 4.83. The van der Waals surface area contributed by atoms with Crippen LogP contribution < -0.4 is 0 Å². The monoisotopic (exact) mass is 372 g/mol. The van der Waals surface area contributed by atoms with Crippen LogP contribution in [0.3, 0.4) is 0 Å². The van der Waals surface area contributed by atoms with Gasteiger partial charge in [-0.1, -0.05) is 30.3 Å². The minimum absolute atomic E-state index is 0.309. The van der Waals surface area contributed by atoms with Crippen molar-refractivity contribution in [2.75, 3.05) is 7.11 Å². The highest BCUT2D eigenvalue weighted by molar-refractivity contribution is 5.89. The van der Waals surface area contributed by atoms with E-state index < -0.39 is 0 Å². The first-order chi connectivity index (χ1) is 13.8. The van der Waals surface area contributed by atoms with Crippen LogP contribution in [0.4, 0.5) is 5.82 Å². The van der Waals surface area contributed by atoms with Crippen LogP contribution in [0.15, 0.2) is 77.3 Å². The van der Waals surface area contributed by atoms with Crippen molar-refractivity contribution in [2.24, 2.45) is 10.2 Å². The second kappa shape index (κ2) is 7.75. The maximum absolute atomic E-state index is 11.6. The van der Waals surface area contributed by atoms with Crippen LogP contribution in [0.25, 0.3) is 16.7 Å². The molecule has 8 heteroatoms. The first kappa shape index (κ1) is 17.5. The minimum Gasteiger partial charge on any atom is -0.465 e. The first-order valence-corrected chi connectivity index (χ1v) is 8.55. The second-order valence-electron chi connectivity index (χ2n) is 5.92. The van der Waals surface area contributed by atoms with E-state index in [0.29, 0.717) is 29.0 Å². The highest BCUT2D eigenvalue weighted by Gasteiger charge is 2.10. The maximum atomic E-state index is 11.6. The summed E-state index contributed by atoms with van der Waals surface area (Å²) in [7, 11) is 1.35. The molecule has 0 atom stereocenters. The van der Waals surface area contributed by atoms with Gasteiger partial charge in [-0.25, -0.2) is 19.4 Å². The van der Waals surface area contributed by atoms with Gasteiger partial charge in [0.15, 0.2) is 11.5 Å². The largest absolute Gasteiger partial charge is 0.465 e. The van der Waals surface area contributed by atoms with E-state index in [1.165, 1.54) is 13.4 Å². The topological polar surface area (TPSA) is 94.6 Å². The van der Waals surface area contributed by atoms with Gasteiger partial charge >= 0.3 is 5.97 Å². The molecule has 4 rings (SSSR count). The van der Waals surface area contributed by atoms with Crippen LogP contribution in [0.1, 0.15) is 15.9 Å². The first-order valence-electron chi connectivity index (χ1n) is 8.55. The highest BCUT2D eigenvalue weighted by atomic mass is 16.5. The summed E-state index contributed by atoms with van der Waals surface area (Å²) < 4.78 is 6.46. The number of azo groups is 1. The maximum Gasteiger partial charge on any atom is 0.337 e. The quantitative estimate of drug-likeness (QED) is 0.391. The van der Waals surface area contributed by atoms with Crippen molar-refractivity contribution < 1.29 is 9.53 Å². The molecule has 0 radical (unpaired) electrons. The van der Waals surface area contributed by atoms with E-state index in [2.05, 4.69) is 25.3 Å². The second-order valence-corrected chi connectivity index (χ2v) is 5.92. The number of rotatable bonds is 5. The zero-order valence-corrected chi connectivity index (χ0v) is 15.1. The van der Waals surface area contributed by atoms with E-state index in [1.807, 2.05) is 36.4 Å². The summed E-state index contributed by atoms with van der Waals surface area (Å²) in [6.07, 6.45) is 3.12. The van der Waals surface area contributed by atoms with Crippen LogP contribution in [0, 0.1) is 0 Å². The zero-order chi connectivity index (χ0) is 19.3. The number of ether oxygens (including phenoxy) is 1. The third-order valence-corrected chi connectivity index (χ3v) is 4.11. The zero-order valence-electron chi connectivity index (χ0n) is 15.1. The van der Waals surface area contributed by atoms with Crippen LogP contribution in [0.2, 0.25) is 0 Å². The summed E-state index contributed by atoms with van der Waals surface area (Å²) >= 11 is 0. The molecule has 0 aliphatic heterocycles. The molecular weight excluding hydrogens is 356 g/mol. The molecular formula is C20H16N6O2. The average Bonchev–Trinajstić information content (AvgIpc) is 3.19. The predicted octanol–water partition coefficient (Wildman–Crippen LogP) is 3.89. The van der Waals surface area contributed by atoms with Crippen molar-refractivity contribution in [3.05, 3.63) is 78.2 Å². The van der Waals surface area contributed by atoms with E-state index in [4.69, 9.17) is 4.74 Å². The van der Waals surface area contributed by atoms with Crippen LogP contribution >= 0.6 is 0 Å². The van der Waals surface area contributed by atoms with Crippen molar-refractivity contribution in [3.8, 4) is 5.69 Å². The number of esters is 1. The molecule has 8 nitrogen and oxygen atoms in total. The van der Waals surface area contributed by atoms with E-state index in [0.717, 1.165) is 11.3 Å². The number of benzene rings is 2. The summed E-state index contributed by atoms with van der Waals surface area (Å²) in [4.78, 5) is 20.2. The van der Waals surface area contributed by atoms with Gasteiger partial charge in [0.2, 0.25) is 0 Å². The standard InChI is InChI=1S/C20H16N6O2/c1-28-20(27)15-7-5-6-14(10-15)11-23-25-18-17-12-24-26(19(17)22-13-21-18)16-8-3-2-4-9-16/h2-10,12-13H,11H2,1H3. The van der Waals surface area contributed by atoms with Gasteiger partial charge in [-0.05, 0) is 29.8 Å². The lowest BCUT2D eigenvalue weighted by Gasteiger charge is -2.02. The van der Waals surface area contributed by atoms with E-state index in [-0.39, 0.29) is 5.97 Å². The molecule has 0 fully saturated rings. The van der Waals surface area contributed by atoms with Crippen LogP contribution in [0.5, 0.6) is 0 Å². The fourth-order valence-corrected chi connectivity index (χ4v) is 2.77. The molecule has 0 N–H and O–H groups in total. The fraction of sp³-hybridized carbons (Fsp3) is 0.100. The Bertz CT molecular complexity index is 1150. The van der Waals surface area contributed by atoms with Gasteiger partial charge in [0, 0.05) is 0 Å². The van der Waals surface area contributed by atoms with Gasteiger partial charge in [-0.3, -0.25) is 0 Å². The number of para-hydroxylation sites is 1. The van der Waals surface area contributed by atoms with Crippen molar-refractivity contribution in [1.82, 2.24) is 19.7 Å². The molecule has 0 saturated heterocycles. The Morgan fingerprint density at radius 2 is 1.96 bits per heavy atom. The summed E-state index contributed by atoms with van der Waals surface area (Å²) in [6, 6.07) is 16.8. The molecule has 4 aromatic rings. The van der Waals surface area contributed by atoms with E-state index in [9.17, 15) is 4.79 Å². The lowest BCUT2D eigenvalue weighted by molar-refractivity contribution is 0.0600. The number of hydrogen-bond acceptors (Lipinski definition) is 7. The van der Waals surface area contributed by atoms with Crippen molar-refractivity contribution in [1.29, 1.82) is 0 Å². The van der Waals surface area contributed by atoms with Gasteiger partial charge in [0.05, 0.1) is 36.5 Å². The van der Waals surface area contributed by atoms with Gasteiger partial charge in [0.25, 0.3) is 0 Å². The molecule has 138 valence electrons. The summed E-state index contributed by atoms with van der Waals surface area (Å²) in [5, 5.41) is 13.6. The number of fused-ring (bicyclic) bond motifs is 1. The summed E-state index contributed by atoms with van der Waals surface area (Å²) in [5.41, 5.74) is 2.88. The lowest BCUT2D eigenvalue weighted by atomic mass is 10.1. The molecule has 28 heavy (non-hydrogen) atoms. The predicted molar refractivity (Wildman–Crippen MR) is 103 cm³/mol. The number of carbonyl (C=O) groups excluding carboxylic acids is 1. The molecule has 0 saturated carbocycles. The highest BCUT2D eigenvalue weighted by Crippen LogP contribution is 2.24. The Hall–Kier alpha value is -3.94. The van der Waals surface area contributed by atoms with Crippen LogP contribution in [-0.2, 0) is 11.3 Å². The number of hydrogen-bond donors (Lipinski definition) is 0. The summed E-state index contributed by atoms with van der Waals surface area (Å²) in [5.74, 6) is 0.0564. The SMILES string of the molecule is COC(=O)c1cccc(CN=Nc2ncnc3c2cnn3-c2ccccc2)c1. The molecule has 2 heterocycles.